The van der Waals surface area contributed by atoms with Gasteiger partial charge in [-0.15, -0.1) is 0 Å². The SMILES string of the molecule is CCCNCC(CC)Oc1cncc(Br)c1. The maximum atomic E-state index is 5.84. The predicted molar refractivity (Wildman–Crippen MR) is 69.8 cm³/mol. The van der Waals surface area contributed by atoms with Crippen LogP contribution in [0.2, 0.25) is 0 Å². The minimum Gasteiger partial charge on any atom is -0.487 e. The summed E-state index contributed by atoms with van der Waals surface area (Å²) in [7, 11) is 0. The van der Waals surface area contributed by atoms with Gasteiger partial charge in [0.1, 0.15) is 11.9 Å². The molecule has 1 aromatic heterocycles. The van der Waals surface area contributed by atoms with Crippen molar-refractivity contribution in [3.8, 4) is 5.75 Å². The Kier molecular flexibility index (Phi) is 6.42. The van der Waals surface area contributed by atoms with Crippen LogP contribution in [0.15, 0.2) is 22.9 Å². The van der Waals surface area contributed by atoms with Crippen LogP contribution in [0, 0.1) is 0 Å². The Labute approximate surface area is 106 Å². The molecule has 4 heteroatoms. The number of hydrogen-bond donors (Lipinski definition) is 1. The average Bonchev–Trinajstić information content (AvgIpc) is 2.28. The molecular formula is C12H19BrN2O. The van der Waals surface area contributed by atoms with Crippen LogP contribution >= 0.6 is 15.9 Å². The topological polar surface area (TPSA) is 34.1 Å². The van der Waals surface area contributed by atoms with E-state index < -0.39 is 0 Å². The van der Waals surface area contributed by atoms with Crippen molar-refractivity contribution in [1.82, 2.24) is 10.3 Å². The first-order chi connectivity index (χ1) is 7.76. The molecular weight excluding hydrogens is 268 g/mol. The lowest BCUT2D eigenvalue weighted by atomic mass is 10.2. The summed E-state index contributed by atoms with van der Waals surface area (Å²) in [6.07, 6.45) is 5.84. The second-order valence-electron chi connectivity index (χ2n) is 3.69. The van der Waals surface area contributed by atoms with Gasteiger partial charge in [0.25, 0.3) is 0 Å². The quantitative estimate of drug-likeness (QED) is 0.783. The van der Waals surface area contributed by atoms with Gasteiger partial charge in [-0.3, -0.25) is 4.98 Å². The van der Waals surface area contributed by atoms with Crippen molar-refractivity contribution in [2.24, 2.45) is 0 Å². The number of rotatable bonds is 7. The molecule has 1 unspecified atom stereocenters. The fourth-order valence-electron chi connectivity index (χ4n) is 1.36. The highest BCUT2D eigenvalue weighted by atomic mass is 79.9. The first kappa shape index (κ1) is 13.5. The van der Waals surface area contributed by atoms with E-state index in [0.29, 0.717) is 0 Å². The second-order valence-corrected chi connectivity index (χ2v) is 4.61. The van der Waals surface area contributed by atoms with Gasteiger partial charge < -0.3 is 10.1 Å². The molecule has 0 aromatic carbocycles. The summed E-state index contributed by atoms with van der Waals surface area (Å²) in [5.41, 5.74) is 0. The molecule has 3 nitrogen and oxygen atoms in total. The van der Waals surface area contributed by atoms with Crippen LogP contribution in [-0.2, 0) is 0 Å². The van der Waals surface area contributed by atoms with Crippen molar-refractivity contribution in [3.63, 3.8) is 0 Å². The van der Waals surface area contributed by atoms with Gasteiger partial charge in [-0.2, -0.15) is 0 Å². The number of halogens is 1. The van der Waals surface area contributed by atoms with Crippen LogP contribution in [0.25, 0.3) is 0 Å². The van der Waals surface area contributed by atoms with E-state index in [9.17, 15) is 0 Å². The molecule has 0 spiro atoms. The maximum absolute atomic E-state index is 5.84. The molecule has 1 atom stereocenters. The molecule has 1 N–H and O–H groups in total. The molecule has 0 saturated heterocycles. The molecule has 90 valence electrons. The Morgan fingerprint density at radius 2 is 2.25 bits per heavy atom. The number of ether oxygens (including phenoxy) is 1. The van der Waals surface area contributed by atoms with Crippen molar-refractivity contribution in [1.29, 1.82) is 0 Å². The van der Waals surface area contributed by atoms with Crippen LogP contribution in [0.1, 0.15) is 26.7 Å². The lowest BCUT2D eigenvalue weighted by Crippen LogP contribution is -2.31. The molecule has 0 bridgehead atoms. The van der Waals surface area contributed by atoms with E-state index in [2.05, 4.69) is 40.1 Å². The van der Waals surface area contributed by atoms with Crippen molar-refractivity contribution in [2.45, 2.75) is 32.8 Å². The molecule has 1 aromatic rings. The highest BCUT2D eigenvalue weighted by Crippen LogP contribution is 2.17. The third-order valence-electron chi connectivity index (χ3n) is 2.24. The molecule has 0 aliphatic heterocycles. The summed E-state index contributed by atoms with van der Waals surface area (Å²) in [6, 6.07) is 1.94. The van der Waals surface area contributed by atoms with Crippen molar-refractivity contribution in [2.75, 3.05) is 13.1 Å². The minimum absolute atomic E-state index is 0.211. The monoisotopic (exact) mass is 286 g/mol. The van der Waals surface area contributed by atoms with Gasteiger partial charge in [0.2, 0.25) is 0 Å². The average molecular weight is 287 g/mol. The third kappa shape index (κ3) is 4.94. The van der Waals surface area contributed by atoms with Crippen molar-refractivity contribution in [3.05, 3.63) is 22.9 Å². The first-order valence-corrected chi connectivity index (χ1v) is 6.53. The summed E-state index contributed by atoms with van der Waals surface area (Å²) in [5.74, 6) is 0.819. The van der Waals surface area contributed by atoms with Crippen molar-refractivity contribution < 1.29 is 4.74 Å². The summed E-state index contributed by atoms with van der Waals surface area (Å²) in [6.45, 7) is 6.21. The van der Waals surface area contributed by atoms with E-state index in [4.69, 9.17) is 4.74 Å². The molecule has 0 amide bonds. The molecule has 0 aliphatic carbocycles. The molecule has 1 heterocycles. The van der Waals surface area contributed by atoms with Gasteiger partial charge in [0.05, 0.1) is 6.20 Å². The van der Waals surface area contributed by atoms with Gasteiger partial charge in [0.15, 0.2) is 0 Å². The summed E-state index contributed by atoms with van der Waals surface area (Å²) < 4.78 is 6.78. The normalized spacial score (nSPS) is 12.4. The highest BCUT2D eigenvalue weighted by molar-refractivity contribution is 9.10. The molecule has 0 saturated carbocycles. The van der Waals surface area contributed by atoms with Crippen LogP contribution in [0.5, 0.6) is 5.75 Å². The Hall–Kier alpha value is -0.610. The van der Waals surface area contributed by atoms with Gasteiger partial charge in [-0.25, -0.2) is 0 Å². The fraction of sp³-hybridized carbons (Fsp3) is 0.583. The van der Waals surface area contributed by atoms with E-state index in [1.807, 2.05) is 6.07 Å². The largest absolute Gasteiger partial charge is 0.487 e. The van der Waals surface area contributed by atoms with E-state index >= 15 is 0 Å². The number of pyridine rings is 1. The van der Waals surface area contributed by atoms with Crippen LogP contribution in [0.3, 0.4) is 0 Å². The van der Waals surface area contributed by atoms with E-state index in [-0.39, 0.29) is 6.10 Å². The van der Waals surface area contributed by atoms with Crippen LogP contribution in [-0.4, -0.2) is 24.2 Å². The summed E-state index contributed by atoms with van der Waals surface area (Å²) >= 11 is 3.38. The van der Waals surface area contributed by atoms with Crippen LogP contribution in [0.4, 0.5) is 0 Å². The molecule has 0 aliphatic rings. The Morgan fingerprint density at radius 1 is 1.44 bits per heavy atom. The zero-order valence-electron chi connectivity index (χ0n) is 9.87. The highest BCUT2D eigenvalue weighted by Gasteiger charge is 2.07. The predicted octanol–water partition coefficient (Wildman–Crippen LogP) is 3.00. The number of hydrogen-bond acceptors (Lipinski definition) is 3. The van der Waals surface area contributed by atoms with E-state index in [1.165, 1.54) is 0 Å². The first-order valence-electron chi connectivity index (χ1n) is 5.74. The minimum atomic E-state index is 0.211. The summed E-state index contributed by atoms with van der Waals surface area (Å²) in [4.78, 5) is 4.08. The Bertz CT molecular complexity index is 307. The summed E-state index contributed by atoms with van der Waals surface area (Å²) in [5, 5.41) is 3.36. The van der Waals surface area contributed by atoms with Gasteiger partial charge in [-0.05, 0) is 41.4 Å². The standard InChI is InChI=1S/C12H19BrN2O/c1-3-5-14-8-11(4-2)16-12-6-10(13)7-15-9-12/h6-7,9,11,14H,3-5,8H2,1-2H3. The van der Waals surface area contributed by atoms with Gasteiger partial charge in [-0.1, -0.05) is 13.8 Å². The molecule has 1 rings (SSSR count). The second kappa shape index (κ2) is 7.63. The Morgan fingerprint density at radius 3 is 2.88 bits per heavy atom. The number of nitrogens with one attached hydrogen (secondary N) is 1. The number of nitrogens with zero attached hydrogens (tertiary/aromatic N) is 1. The molecule has 16 heavy (non-hydrogen) atoms. The lowest BCUT2D eigenvalue weighted by Gasteiger charge is -2.17. The van der Waals surface area contributed by atoms with E-state index in [1.54, 1.807) is 12.4 Å². The van der Waals surface area contributed by atoms with Gasteiger partial charge >= 0.3 is 0 Å². The number of aromatic nitrogens is 1. The van der Waals surface area contributed by atoms with E-state index in [0.717, 1.165) is 36.2 Å². The fourth-order valence-corrected chi connectivity index (χ4v) is 1.70. The lowest BCUT2D eigenvalue weighted by molar-refractivity contribution is 0.193. The zero-order valence-corrected chi connectivity index (χ0v) is 11.5. The third-order valence-corrected chi connectivity index (χ3v) is 2.67. The maximum Gasteiger partial charge on any atom is 0.139 e. The van der Waals surface area contributed by atoms with Crippen LogP contribution < -0.4 is 10.1 Å². The van der Waals surface area contributed by atoms with Crippen molar-refractivity contribution >= 4 is 15.9 Å². The molecule has 0 fully saturated rings. The van der Waals surface area contributed by atoms with Gasteiger partial charge in [0, 0.05) is 17.2 Å². The molecule has 0 radical (unpaired) electrons. The zero-order chi connectivity index (χ0) is 11.8. The smallest absolute Gasteiger partial charge is 0.139 e. The Balaban J connectivity index is 2.43.